The van der Waals surface area contributed by atoms with Gasteiger partial charge in [-0.25, -0.2) is 0 Å². The summed E-state index contributed by atoms with van der Waals surface area (Å²) in [5.74, 6) is 0. The van der Waals surface area contributed by atoms with Crippen LogP contribution in [0.15, 0.2) is 54.2 Å². The van der Waals surface area contributed by atoms with Gasteiger partial charge >= 0.3 is 0 Å². The highest BCUT2D eigenvalue weighted by molar-refractivity contribution is 5.74. The summed E-state index contributed by atoms with van der Waals surface area (Å²) in [5, 5.41) is 3.47. The number of hydrogen-bond donors (Lipinski definition) is 1. The molecule has 1 N–H and O–H groups in total. The van der Waals surface area contributed by atoms with E-state index in [1.54, 1.807) is 0 Å². The van der Waals surface area contributed by atoms with Gasteiger partial charge in [-0.1, -0.05) is 57.2 Å². The van der Waals surface area contributed by atoms with Crippen molar-refractivity contribution in [1.29, 1.82) is 0 Å². The van der Waals surface area contributed by atoms with E-state index in [-0.39, 0.29) is 5.41 Å². The largest absolute Gasteiger partial charge is 0.384 e. The van der Waals surface area contributed by atoms with E-state index in [0.29, 0.717) is 0 Å². The molecule has 0 aliphatic rings. The highest BCUT2D eigenvalue weighted by Crippen LogP contribution is 2.36. The van der Waals surface area contributed by atoms with Crippen LogP contribution in [0.25, 0.3) is 6.08 Å². The molecule has 0 spiro atoms. The normalized spacial score (nSPS) is 12.2. The van der Waals surface area contributed by atoms with Crippen LogP contribution >= 0.6 is 0 Å². The number of allylic oxidation sites excluding steroid dienone is 1. The smallest absolute Gasteiger partial charge is 0.0641 e. The maximum absolute atomic E-state index is 3.47. The van der Waals surface area contributed by atoms with E-state index in [9.17, 15) is 0 Å². The minimum atomic E-state index is 0.0381. The van der Waals surface area contributed by atoms with E-state index in [2.05, 4.69) is 106 Å². The summed E-state index contributed by atoms with van der Waals surface area (Å²) in [6.07, 6.45) is 2.32. The fraction of sp³-hybridized carbons (Fsp3) is 0.364. The van der Waals surface area contributed by atoms with Crippen LogP contribution in [0.4, 0.5) is 11.4 Å². The van der Waals surface area contributed by atoms with Gasteiger partial charge in [0.15, 0.2) is 0 Å². The Labute approximate surface area is 147 Å². The van der Waals surface area contributed by atoms with Gasteiger partial charge in [0.2, 0.25) is 0 Å². The summed E-state index contributed by atoms with van der Waals surface area (Å²) in [6.45, 7) is 12.0. The molecule has 0 aliphatic heterocycles. The van der Waals surface area contributed by atoms with Gasteiger partial charge in [0.25, 0.3) is 0 Å². The summed E-state index contributed by atoms with van der Waals surface area (Å²) in [6, 6.07) is 17.0. The molecule has 0 aliphatic carbocycles. The standard InChI is InChI=1S/C22H30N2/c1-7-23-19-14-10-11-15-20(19)24(6)21(22(3,4)5)16-18-13-9-8-12-17(18)2/h8-16,23H,7H2,1-6H3/b21-16-. The third kappa shape index (κ3) is 4.19. The fourth-order valence-electron chi connectivity index (χ4n) is 2.95. The molecule has 2 nitrogen and oxygen atoms in total. The second-order valence-electron chi connectivity index (χ2n) is 7.24. The molecule has 0 heterocycles. The zero-order valence-corrected chi connectivity index (χ0v) is 15.9. The van der Waals surface area contributed by atoms with Crippen LogP contribution in [0.1, 0.15) is 38.8 Å². The molecular formula is C22H30N2. The van der Waals surface area contributed by atoms with Gasteiger partial charge < -0.3 is 10.2 Å². The number of benzene rings is 2. The molecule has 128 valence electrons. The SMILES string of the molecule is CCNc1ccccc1N(C)/C(=C\c1ccccc1C)C(C)(C)C. The van der Waals surface area contributed by atoms with Crippen molar-refractivity contribution in [1.82, 2.24) is 0 Å². The van der Waals surface area contributed by atoms with Gasteiger partial charge in [-0.15, -0.1) is 0 Å². The third-order valence-electron chi connectivity index (χ3n) is 4.24. The highest BCUT2D eigenvalue weighted by Gasteiger charge is 2.23. The van der Waals surface area contributed by atoms with Gasteiger partial charge in [0, 0.05) is 24.7 Å². The average molecular weight is 322 g/mol. The lowest BCUT2D eigenvalue weighted by Crippen LogP contribution is -2.27. The Hall–Kier alpha value is -2.22. The Balaban J connectivity index is 2.52. The first-order chi connectivity index (χ1) is 11.3. The Bertz CT molecular complexity index is 708. The summed E-state index contributed by atoms with van der Waals surface area (Å²) >= 11 is 0. The van der Waals surface area contributed by atoms with E-state index >= 15 is 0 Å². The molecule has 0 amide bonds. The van der Waals surface area contributed by atoms with E-state index in [4.69, 9.17) is 0 Å². The molecule has 2 heteroatoms. The first kappa shape index (κ1) is 18.1. The minimum Gasteiger partial charge on any atom is -0.384 e. The molecule has 0 bridgehead atoms. The zero-order chi connectivity index (χ0) is 17.7. The third-order valence-corrected chi connectivity index (χ3v) is 4.24. The summed E-state index contributed by atoms with van der Waals surface area (Å²) in [5.41, 5.74) is 6.28. The number of nitrogens with one attached hydrogen (secondary N) is 1. The topological polar surface area (TPSA) is 15.3 Å². The minimum absolute atomic E-state index is 0.0381. The van der Waals surface area contributed by atoms with Gasteiger partial charge in [-0.3, -0.25) is 0 Å². The number of rotatable bonds is 5. The number of anilines is 2. The molecular weight excluding hydrogens is 292 g/mol. The van der Waals surface area contributed by atoms with E-state index < -0.39 is 0 Å². The van der Waals surface area contributed by atoms with Crippen molar-refractivity contribution in [2.75, 3.05) is 23.8 Å². The molecule has 2 aromatic carbocycles. The molecule has 2 aromatic rings. The molecule has 0 unspecified atom stereocenters. The van der Waals surface area contributed by atoms with Crippen LogP contribution in [0.5, 0.6) is 0 Å². The predicted molar refractivity (Wildman–Crippen MR) is 108 cm³/mol. The Morgan fingerprint density at radius 1 is 1.04 bits per heavy atom. The van der Waals surface area contributed by atoms with Crippen LogP contribution in [-0.2, 0) is 0 Å². The molecule has 0 radical (unpaired) electrons. The van der Waals surface area contributed by atoms with Crippen LogP contribution < -0.4 is 10.2 Å². The highest BCUT2D eigenvalue weighted by atomic mass is 15.1. The number of hydrogen-bond acceptors (Lipinski definition) is 2. The van der Waals surface area contributed by atoms with E-state index in [1.165, 1.54) is 28.2 Å². The van der Waals surface area contributed by atoms with Gasteiger partial charge in [-0.05, 0) is 43.2 Å². The molecule has 0 saturated carbocycles. The molecule has 0 fully saturated rings. The average Bonchev–Trinajstić information content (AvgIpc) is 2.53. The number of nitrogens with zero attached hydrogens (tertiary/aromatic N) is 1. The maximum Gasteiger partial charge on any atom is 0.0641 e. The van der Waals surface area contributed by atoms with Crippen LogP contribution in [0.3, 0.4) is 0 Å². The molecule has 0 saturated heterocycles. The van der Waals surface area contributed by atoms with Crippen LogP contribution in [0, 0.1) is 12.3 Å². The lowest BCUT2D eigenvalue weighted by atomic mass is 9.88. The molecule has 0 atom stereocenters. The zero-order valence-electron chi connectivity index (χ0n) is 15.9. The number of para-hydroxylation sites is 2. The first-order valence-electron chi connectivity index (χ1n) is 8.69. The predicted octanol–water partition coefficient (Wildman–Crippen LogP) is 5.95. The van der Waals surface area contributed by atoms with Gasteiger partial charge in [0.05, 0.1) is 11.4 Å². The van der Waals surface area contributed by atoms with Crippen molar-refractivity contribution in [2.45, 2.75) is 34.6 Å². The van der Waals surface area contributed by atoms with Gasteiger partial charge in [-0.2, -0.15) is 0 Å². The number of aryl methyl sites for hydroxylation is 1. The van der Waals surface area contributed by atoms with Crippen molar-refractivity contribution in [2.24, 2.45) is 5.41 Å². The molecule has 2 rings (SSSR count). The van der Waals surface area contributed by atoms with E-state index in [1.807, 2.05) is 0 Å². The lowest BCUT2D eigenvalue weighted by molar-refractivity contribution is 0.494. The summed E-state index contributed by atoms with van der Waals surface area (Å²) < 4.78 is 0. The monoisotopic (exact) mass is 322 g/mol. The first-order valence-corrected chi connectivity index (χ1v) is 8.69. The van der Waals surface area contributed by atoms with Crippen molar-refractivity contribution < 1.29 is 0 Å². The molecule has 0 aromatic heterocycles. The summed E-state index contributed by atoms with van der Waals surface area (Å²) in [4.78, 5) is 2.31. The maximum atomic E-state index is 3.47. The van der Waals surface area contributed by atoms with E-state index in [0.717, 1.165) is 6.54 Å². The van der Waals surface area contributed by atoms with Crippen molar-refractivity contribution in [3.8, 4) is 0 Å². The van der Waals surface area contributed by atoms with Crippen molar-refractivity contribution in [3.63, 3.8) is 0 Å². The Kier molecular flexibility index (Phi) is 5.71. The summed E-state index contributed by atoms with van der Waals surface area (Å²) in [7, 11) is 2.16. The van der Waals surface area contributed by atoms with Crippen LogP contribution in [0.2, 0.25) is 0 Å². The Morgan fingerprint density at radius 2 is 1.67 bits per heavy atom. The van der Waals surface area contributed by atoms with Crippen molar-refractivity contribution >= 4 is 17.5 Å². The quantitative estimate of drug-likeness (QED) is 0.731. The second kappa shape index (κ2) is 7.57. The second-order valence-corrected chi connectivity index (χ2v) is 7.24. The van der Waals surface area contributed by atoms with Gasteiger partial charge in [0.1, 0.15) is 0 Å². The van der Waals surface area contributed by atoms with Crippen molar-refractivity contribution in [3.05, 3.63) is 65.4 Å². The van der Waals surface area contributed by atoms with Crippen LogP contribution in [-0.4, -0.2) is 13.6 Å². The fourth-order valence-corrected chi connectivity index (χ4v) is 2.95. The lowest BCUT2D eigenvalue weighted by Gasteiger charge is -2.34. The Morgan fingerprint density at radius 3 is 2.29 bits per heavy atom. The molecule has 24 heavy (non-hydrogen) atoms.